The van der Waals surface area contributed by atoms with E-state index in [0.717, 1.165) is 5.69 Å². The van der Waals surface area contributed by atoms with Gasteiger partial charge in [0.25, 0.3) is 0 Å². The van der Waals surface area contributed by atoms with Crippen LogP contribution in [0.15, 0.2) is 12.3 Å². The fourth-order valence-corrected chi connectivity index (χ4v) is 1.16. The van der Waals surface area contributed by atoms with Crippen molar-refractivity contribution in [1.29, 1.82) is 0 Å². The van der Waals surface area contributed by atoms with Crippen molar-refractivity contribution in [2.75, 3.05) is 12.4 Å². The maximum Gasteiger partial charge on any atom is 0.160 e. The van der Waals surface area contributed by atoms with Crippen LogP contribution in [0.2, 0.25) is 5.15 Å². The van der Waals surface area contributed by atoms with Crippen LogP contribution < -0.4 is 10.1 Å². The summed E-state index contributed by atoms with van der Waals surface area (Å²) in [5, 5.41) is 3.68. The van der Waals surface area contributed by atoms with E-state index in [-0.39, 0.29) is 0 Å². The highest BCUT2D eigenvalue weighted by molar-refractivity contribution is 6.29. The Labute approximate surface area is 83.1 Å². The molecule has 0 saturated heterocycles. The largest absolute Gasteiger partial charge is 0.493 e. The van der Waals surface area contributed by atoms with Gasteiger partial charge in [0, 0.05) is 12.1 Å². The number of aromatic nitrogens is 1. The second-order valence-corrected chi connectivity index (χ2v) is 3.39. The fourth-order valence-electron chi connectivity index (χ4n) is 1.00. The van der Waals surface area contributed by atoms with Crippen LogP contribution in [0.4, 0.5) is 5.69 Å². The van der Waals surface area contributed by atoms with Crippen molar-refractivity contribution in [3.8, 4) is 5.75 Å². The normalized spacial score (nSPS) is 10.2. The molecule has 4 heteroatoms. The fraction of sp³-hybridized carbons (Fsp3) is 0.444. The first-order valence-corrected chi connectivity index (χ1v) is 4.47. The summed E-state index contributed by atoms with van der Waals surface area (Å²) in [6.07, 6.45) is 1.60. The van der Waals surface area contributed by atoms with Crippen molar-refractivity contribution in [3.05, 3.63) is 17.4 Å². The van der Waals surface area contributed by atoms with Gasteiger partial charge in [0.1, 0.15) is 5.15 Å². The molecule has 0 unspecified atom stereocenters. The molecule has 0 saturated carbocycles. The minimum absolute atomic E-state index is 0.340. The van der Waals surface area contributed by atoms with Crippen LogP contribution in [0.3, 0.4) is 0 Å². The Hall–Kier alpha value is -0.960. The van der Waals surface area contributed by atoms with Crippen LogP contribution in [0.1, 0.15) is 13.8 Å². The first-order valence-electron chi connectivity index (χ1n) is 4.09. The monoisotopic (exact) mass is 200 g/mol. The van der Waals surface area contributed by atoms with Crippen LogP contribution in [0.5, 0.6) is 5.75 Å². The van der Waals surface area contributed by atoms with Crippen LogP contribution in [0.25, 0.3) is 0 Å². The molecule has 0 aromatic carbocycles. The number of hydrogen-bond acceptors (Lipinski definition) is 3. The predicted octanol–water partition coefficient (Wildman–Crippen LogP) is 2.56. The van der Waals surface area contributed by atoms with E-state index < -0.39 is 0 Å². The second kappa shape index (κ2) is 4.33. The van der Waals surface area contributed by atoms with E-state index in [4.69, 9.17) is 16.3 Å². The van der Waals surface area contributed by atoms with Crippen LogP contribution in [0, 0.1) is 0 Å². The number of methoxy groups -OCH3 is 1. The molecule has 1 aromatic heterocycles. The Morgan fingerprint density at radius 3 is 2.77 bits per heavy atom. The van der Waals surface area contributed by atoms with Gasteiger partial charge >= 0.3 is 0 Å². The number of anilines is 1. The lowest BCUT2D eigenvalue weighted by atomic mass is 10.3. The smallest absolute Gasteiger partial charge is 0.160 e. The van der Waals surface area contributed by atoms with Crippen molar-refractivity contribution in [2.45, 2.75) is 19.9 Å². The average Bonchev–Trinajstić information content (AvgIpc) is 2.03. The summed E-state index contributed by atoms with van der Waals surface area (Å²) in [5.74, 6) is 0.707. The molecule has 0 aliphatic rings. The third kappa shape index (κ3) is 2.77. The number of nitrogens with one attached hydrogen (secondary N) is 1. The van der Waals surface area contributed by atoms with Crippen molar-refractivity contribution >= 4 is 17.3 Å². The zero-order chi connectivity index (χ0) is 9.84. The van der Waals surface area contributed by atoms with Gasteiger partial charge in [-0.2, -0.15) is 0 Å². The predicted molar refractivity (Wildman–Crippen MR) is 54.6 cm³/mol. The SMILES string of the molecule is COc1cnc(Cl)cc1NC(C)C. The molecular formula is C9H13ClN2O. The molecule has 0 aliphatic carbocycles. The van der Waals surface area contributed by atoms with E-state index in [1.807, 2.05) is 13.8 Å². The number of rotatable bonds is 3. The molecular weight excluding hydrogens is 188 g/mol. The Bertz CT molecular complexity index is 289. The molecule has 1 N–H and O–H groups in total. The van der Waals surface area contributed by atoms with Gasteiger partial charge in [-0.3, -0.25) is 0 Å². The molecule has 13 heavy (non-hydrogen) atoms. The lowest BCUT2D eigenvalue weighted by Crippen LogP contribution is -2.10. The molecule has 0 radical (unpaired) electrons. The van der Waals surface area contributed by atoms with Crippen molar-refractivity contribution in [3.63, 3.8) is 0 Å². The van der Waals surface area contributed by atoms with Crippen LogP contribution in [-0.4, -0.2) is 18.1 Å². The van der Waals surface area contributed by atoms with E-state index in [1.54, 1.807) is 19.4 Å². The van der Waals surface area contributed by atoms with Gasteiger partial charge in [-0.05, 0) is 13.8 Å². The molecule has 1 heterocycles. The van der Waals surface area contributed by atoms with Crippen molar-refractivity contribution in [2.24, 2.45) is 0 Å². The zero-order valence-corrected chi connectivity index (χ0v) is 8.72. The third-order valence-corrected chi connectivity index (χ3v) is 1.70. The van der Waals surface area contributed by atoms with Gasteiger partial charge < -0.3 is 10.1 Å². The summed E-state index contributed by atoms with van der Waals surface area (Å²) >= 11 is 5.75. The summed E-state index contributed by atoms with van der Waals surface area (Å²) in [4.78, 5) is 3.92. The highest BCUT2D eigenvalue weighted by Crippen LogP contribution is 2.25. The number of pyridine rings is 1. The number of halogens is 1. The Kier molecular flexibility index (Phi) is 3.37. The van der Waals surface area contributed by atoms with Crippen molar-refractivity contribution < 1.29 is 4.74 Å². The Morgan fingerprint density at radius 2 is 2.23 bits per heavy atom. The average molecular weight is 201 g/mol. The summed E-state index contributed by atoms with van der Waals surface area (Å²) in [6.45, 7) is 4.10. The maximum atomic E-state index is 5.75. The van der Waals surface area contributed by atoms with E-state index >= 15 is 0 Å². The third-order valence-electron chi connectivity index (χ3n) is 1.50. The van der Waals surface area contributed by atoms with Crippen LogP contribution >= 0.6 is 11.6 Å². The molecule has 3 nitrogen and oxygen atoms in total. The molecule has 0 amide bonds. The molecule has 0 bridgehead atoms. The standard InChI is InChI=1S/C9H13ClN2O/c1-6(2)12-7-4-9(10)11-5-8(7)13-3/h4-6H,1-3H3,(H,11,12). The Morgan fingerprint density at radius 1 is 1.54 bits per heavy atom. The number of hydrogen-bond donors (Lipinski definition) is 1. The minimum atomic E-state index is 0.340. The second-order valence-electron chi connectivity index (χ2n) is 3.01. The molecule has 0 aliphatic heterocycles. The highest BCUT2D eigenvalue weighted by atomic mass is 35.5. The van der Waals surface area contributed by atoms with E-state index in [1.165, 1.54) is 0 Å². The van der Waals surface area contributed by atoms with Crippen molar-refractivity contribution in [1.82, 2.24) is 4.98 Å². The minimum Gasteiger partial charge on any atom is -0.493 e. The van der Waals surface area contributed by atoms with Gasteiger partial charge in [-0.15, -0.1) is 0 Å². The number of nitrogens with zero attached hydrogens (tertiary/aromatic N) is 1. The Balaban J connectivity index is 2.94. The zero-order valence-electron chi connectivity index (χ0n) is 7.97. The molecule has 0 atom stereocenters. The molecule has 1 rings (SSSR count). The molecule has 72 valence electrons. The molecule has 0 fully saturated rings. The molecule has 1 aromatic rings. The summed E-state index contributed by atoms with van der Waals surface area (Å²) in [5.41, 5.74) is 0.873. The first-order chi connectivity index (χ1) is 6.13. The number of ether oxygens (including phenoxy) is 1. The van der Waals surface area contributed by atoms with Gasteiger partial charge in [-0.1, -0.05) is 11.6 Å². The summed E-state index contributed by atoms with van der Waals surface area (Å²) in [7, 11) is 1.61. The summed E-state index contributed by atoms with van der Waals surface area (Å²) < 4.78 is 5.12. The lowest BCUT2D eigenvalue weighted by molar-refractivity contribution is 0.414. The quantitative estimate of drug-likeness (QED) is 0.762. The van der Waals surface area contributed by atoms with Gasteiger partial charge in [0.05, 0.1) is 19.0 Å². The first kappa shape index (κ1) is 10.1. The van der Waals surface area contributed by atoms with Gasteiger partial charge in [0.15, 0.2) is 5.75 Å². The van der Waals surface area contributed by atoms with E-state index in [9.17, 15) is 0 Å². The molecule has 0 spiro atoms. The van der Waals surface area contributed by atoms with E-state index in [0.29, 0.717) is 16.9 Å². The topological polar surface area (TPSA) is 34.1 Å². The summed E-state index contributed by atoms with van der Waals surface area (Å²) in [6, 6.07) is 2.09. The lowest BCUT2D eigenvalue weighted by Gasteiger charge is -2.13. The van der Waals surface area contributed by atoms with Gasteiger partial charge in [-0.25, -0.2) is 4.98 Å². The van der Waals surface area contributed by atoms with Crippen LogP contribution in [-0.2, 0) is 0 Å². The highest BCUT2D eigenvalue weighted by Gasteiger charge is 2.04. The van der Waals surface area contributed by atoms with E-state index in [2.05, 4.69) is 10.3 Å². The van der Waals surface area contributed by atoms with Gasteiger partial charge in [0.2, 0.25) is 0 Å². The maximum absolute atomic E-state index is 5.75.